The number of carboxylic acid groups (broad SMARTS) is 1. The number of aliphatic carboxylic acids is 1. The first kappa shape index (κ1) is 24.5. The van der Waals surface area contributed by atoms with E-state index in [2.05, 4.69) is 10.6 Å². The first-order valence-electron chi connectivity index (χ1n) is 8.66. The molecule has 0 aliphatic rings. The van der Waals surface area contributed by atoms with Gasteiger partial charge in [-0.05, 0) is 33.6 Å². The molecular weight excluding hydrogens is 360 g/mol. The highest BCUT2D eigenvalue weighted by atomic mass is 32.2. The minimum Gasteiger partial charge on any atom is -0.480 e. The zero-order valence-electron chi connectivity index (χ0n) is 16.3. The van der Waals surface area contributed by atoms with E-state index in [1.54, 1.807) is 20.8 Å². The summed E-state index contributed by atoms with van der Waals surface area (Å²) < 4.78 is 4.93. The molecule has 0 bridgehead atoms. The predicted octanol–water partition coefficient (Wildman–Crippen LogP) is 1.75. The topological polar surface area (TPSA) is 125 Å². The highest BCUT2D eigenvalue weighted by Crippen LogP contribution is 2.33. The van der Waals surface area contributed by atoms with Gasteiger partial charge in [-0.3, -0.25) is 9.59 Å². The van der Waals surface area contributed by atoms with Crippen molar-refractivity contribution in [1.82, 2.24) is 10.6 Å². The van der Waals surface area contributed by atoms with Crippen molar-refractivity contribution in [2.45, 2.75) is 70.3 Å². The van der Waals surface area contributed by atoms with E-state index in [9.17, 15) is 19.5 Å². The van der Waals surface area contributed by atoms with E-state index in [0.717, 1.165) is 12.8 Å². The third-order valence-electron chi connectivity index (χ3n) is 3.44. The minimum atomic E-state index is -1.17. The lowest BCUT2D eigenvalue weighted by Gasteiger charge is -2.30. The van der Waals surface area contributed by atoms with E-state index < -0.39 is 36.2 Å². The molecule has 0 aliphatic heterocycles. The van der Waals surface area contributed by atoms with Crippen molar-refractivity contribution in [3.05, 3.63) is 0 Å². The average molecular weight is 393 g/mol. The van der Waals surface area contributed by atoms with Crippen molar-refractivity contribution in [2.24, 2.45) is 0 Å². The van der Waals surface area contributed by atoms with Crippen LogP contribution in [0.4, 0.5) is 4.79 Å². The number of amides is 2. The van der Waals surface area contributed by atoms with E-state index in [0.29, 0.717) is 6.42 Å². The molecule has 0 radical (unpaired) electrons. The molecule has 0 fully saturated rings. The second-order valence-electron chi connectivity index (χ2n) is 7.29. The Bertz CT molecular complexity index is 472. The van der Waals surface area contributed by atoms with Gasteiger partial charge in [-0.25, -0.2) is 4.79 Å². The predicted molar refractivity (Wildman–Crippen MR) is 101 cm³/mol. The highest BCUT2D eigenvalue weighted by molar-refractivity contribution is 8.00. The Labute approximate surface area is 159 Å². The van der Waals surface area contributed by atoms with Crippen molar-refractivity contribution in [2.75, 3.05) is 18.9 Å². The Morgan fingerprint density at radius 1 is 1.15 bits per heavy atom. The van der Waals surface area contributed by atoms with Gasteiger partial charge in [0.1, 0.15) is 18.2 Å². The van der Waals surface area contributed by atoms with Crippen LogP contribution in [0.25, 0.3) is 0 Å². The van der Waals surface area contributed by atoms with E-state index in [1.165, 1.54) is 11.8 Å². The minimum absolute atomic E-state index is 0.0267. The number of hydrogen-bond acceptors (Lipinski definition) is 6. The molecule has 0 aromatic carbocycles. The molecule has 0 aromatic rings. The Morgan fingerprint density at radius 3 is 2.23 bits per heavy atom. The number of thioether (sulfide) groups is 1. The fourth-order valence-corrected chi connectivity index (χ4v) is 3.63. The number of rotatable bonds is 11. The molecule has 0 saturated heterocycles. The van der Waals surface area contributed by atoms with Crippen LogP contribution in [0.5, 0.6) is 0 Å². The van der Waals surface area contributed by atoms with Crippen LogP contribution < -0.4 is 10.6 Å². The fraction of sp³-hybridized carbons (Fsp3) is 0.824. The number of aliphatic hydroxyl groups excluding tert-OH is 1. The Hall–Kier alpha value is -1.48. The molecule has 0 aromatic heterocycles. The van der Waals surface area contributed by atoms with Crippen LogP contribution in [0.1, 0.15) is 53.9 Å². The Balaban J connectivity index is 5.03. The van der Waals surface area contributed by atoms with Gasteiger partial charge in [-0.1, -0.05) is 20.3 Å². The molecule has 2 amide bonds. The monoisotopic (exact) mass is 392 g/mol. The van der Waals surface area contributed by atoms with Gasteiger partial charge in [-0.15, -0.1) is 0 Å². The zero-order valence-corrected chi connectivity index (χ0v) is 17.1. The van der Waals surface area contributed by atoms with E-state index >= 15 is 0 Å². The van der Waals surface area contributed by atoms with Crippen molar-refractivity contribution in [3.63, 3.8) is 0 Å². The third-order valence-corrected chi connectivity index (χ3v) is 5.04. The number of ether oxygens (including phenoxy) is 1. The summed E-state index contributed by atoms with van der Waals surface area (Å²) in [5.74, 6) is -1.52. The largest absolute Gasteiger partial charge is 0.480 e. The lowest BCUT2D eigenvalue weighted by atomic mass is 10.0. The molecule has 0 aliphatic carbocycles. The second-order valence-corrected chi connectivity index (χ2v) is 8.90. The maximum Gasteiger partial charge on any atom is 0.408 e. The van der Waals surface area contributed by atoms with Crippen LogP contribution in [0.15, 0.2) is 0 Å². The van der Waals surface area contributed by atoms with Gasteiger partial charge in [-0.2, -0.15) is 11.8 Å². The Morgan fingerprint density at radius 2 is 1.77 bits per heavy atom. The number of carbonyl (C=O) groups is 3. The SMILES string of the molecule is CCCC(C)(CCO)SC[C@H](NC(=O)OC(C)(C)C)C(=O)NCC(=O)O. The summed E-state index contributed by atoms with van der Waals surface area (Å²) in [4.78, 5) is 34.9. The summed E-state index contributed by atoms with van der Waals surface area (Å²) in [5.41, 5.74) is -0.715. The number of hydrogen-bond donors (Lipinski definition) is 4. The fourth-order valence-electron chi connectivity index (χ4n) is 2.24. The van der Waals surface area contributed by atoms with Gasteiger partial charge in [0.2, 0.25) is 5.91 Å². The molecule has 152 valence electrons. The van der Waals surface area contributed by atoms with Gasteiger partial charge in [0, 0.05) is 17.1 Å². The first-order chi connectivity index (χ1) is 11.9. The third kappa shape index (κ3) is 11.2. The van der Waals surface area contributed by atoms with Crippen LogP contribution >= 0.6 is 11.8 Å². The molecule has 0 spiro atoms. The van der Waals surface area contributed by atoms with Gasteiger partial charge in [0.05, 0.1) is 0 Å². The molecule has 0 saturated carbocycles. The average Bonchev–Trinajstić information content (AvgIpc) is 2.47. The Kier molecular flexibility index (Phi) is 10.6. The summed E-state index contributed by atoms with van der Waals surface area (Å²) in [6.07, 6.45) is 1.57. The smallest absolute Gasteiger partial charge is 0.408 e. The lowest BCUT2D eigenvalue weighted by molar-refractivity contribution is -0.138. The van der Waals surface area contributed by atoms with Gasteiger partial charge in [0.25, 0.3) is 0 Å². The molecule has 4 N–H and O–H groups in total. The normalized spacial score (nSPS) is 14.8. The molecule has 26 heavy (non-hydrogen) atoms. The number of aliphatic hydroxyl groups is 1. The molecule has 8 nitrogen and oxygen atoms in total. The number of carbonyl (C=O) groups excluding carboxylic acids is 2. The van der Waals surface area contributed by atoms with Crippen molar-refractivity contribution in [1.29, 1.82) is 0 Å². The quantitative estimate of drug-likeness (QED) is 0.422. The lowest BCUT2D eigenvalue weighted by Crippen LogP contribution is -2.51. The van der Waals surface area contributed by atoms with Crippen molar-refractivity contribution >= 4 is 29.7 Å². The van der Waals surface area contributed by atoms with Gasteiger partial charge < -0.3 is 25.6 Å². The van der Waals surface area contributed by atoms with Crippen LogP contribution in [0, 0.1) is 0 Å². The molecule has 9 heteroatoms. The van der Waals surface area contributed by atoms with Crippen LogP contribution in [-0.4, -0.2) is 63.5 Å². The zero-order chi connectivity index (χ0) is 20.4. The summed E-state index contributed by atoms with van der Waals surface area (Å²) in [5, 5.41) is 22.8. The highest BCUT2D eigenvalue weighted by Gasteiger charge is 2.29. The summed E-state index contributed by atoms with van der Waals surface area (Å²) >= 11 is 1.47. The van der Waals surface area contributed by atoms with Crippen molar-refractivity contribution in [3.8, 4) is 0 Å². The maximum absolute atomic E-state index is 12.3. The second kappa shape index (κ2) is 11.3. The summed E-state index contributed by atoms with van der Waals surface area (Å²) in [7, 11) is 0. The van der Waals surface area contributed by atoms with Gasteiger partial charge in [0.15, 0.2) is 0 Å². The maximum atomic E-state index is 12.3. The molecular formula is C17H32N2O6S. The van der Waals surface area contributed by atoms with E-state index in [4.69, 9.17) is 9.84 Å². The number of carboxylic acids is 1. The number of nitrogens with one attached hydrogen (secondary N) is 2. The van der Waals surface area contributed by atoms with Gasteiger partial charge >= 0.3 is 12.1 Å². The van der Waals surface area contributed by atoms with Crippen LogP contribution in [0.3, 0.4) is 0 Å². The summed E-state index contributed by atoms with van der Waals surface area (Å²) in [6.45, 7) is 8.65. The molecule has 0 heterocycles. The van der Waals surface area contributed by atoms with Crippen LogP contribution in [-0.2, 0) is 14.3 Å². The molecule has 0 rings (SSSR count). The standard InChI is InChI=1S/C17H32N2O6S/c1-6-7-17(5,8-9-20)26-11-12(14(23)18-10-13(21)22)19-15(24)25-16(2,3)4/h12,20H,6-11H2,1-5H3,(H,18,23)(H,19,24)(H,21,22)/t12-,17?/m0/s1. The van der Waals surface area contributed by atoms with E-state index in [1.807, 2.05) is 13.8 Å². The van der Waals surface area contributed by atoms with Crippen LogP contribution in [0.2, 0.25) is 0 Å². The van der Waals surface area contributed by atoms with E-state index in [-0.39, 0.29) is 17.1 Å². The van der Waals surface area contributed by atoms with Crippen molar-refractivity contribution < 1.29 is 29.3 Å². The molecule has 1 unspecified atom stereocenters. The first-order valence-corrected chi connectivity index (χ1v) is 9.65. The summed E-state index contributed by atoms with van der Waals surface area (Å²) in [6, 6.07) is -0.941. The molecule has 2 atom stereocenters. The number of alkyl carbamates (subject to hydrolysis) is 1.